The number of nitrogens with zero attached hydrogens (tertiary/aromatic N) is 3. The highest BCUT2D eigenvalue weighted by Crippen LogP contribution is 2.33. The average Bonchev–Trinajstić information content (AvgIpc) is 3.42. The molecule has 0 radical (unpaired) electrons. The first-order valence-electron chi connectivity index (χ1n) is 8.54. The summed E-state index contributed by atoms with van der Waals surface area (Å²) in [6.45, 7) is 1.86. The minimum Gasteiger partial charge on any atom is -0.384 e. The zero-order valence-corrected chi connectivity index (χ0v) is 15.3. The Hall–Kier alpha value is -2.51. The Labute approximate surface area is 155 Å². The number of thiophene rings is 1. The van der Waals surface area contributed by atoms with Gasteiger partial charge in [-0.1, -0.05) is 30.3 Å². The molecule has 2 aromatic heterocycles. The third-order valence-electron chi connectivity index (χ3n) is 4.76. The zero-order chi connectivity index (χ0) is 17.9. The number of hydrogen-bond donors (Lipinski definition) is 1. The lowest BCUT2D eigenvalue weighted by molar-refractivity contribution is 0.0776. The Balaban J connectivity index is 1.56. The molecular formula is C19H20N4O2S. The molecule has 1 amide bonds. The number of hydrogen-bond acceptors (Lipinski definition) is 5. The molecule has 7 heteroatoms. The molecule has 1 saturated heterocycles. The Morgan fingerprint density at radius 3 is 2.88 bits per heavy atom. The van der Waals surface area contributed by atoms with E-state index in [1.165, 1.54) is 11.3 Å². The fourth-order valence-electron chi connectivity index (χ4n) is 3.46. The molecule has 1 fully saturated rings. The molecule has 1 aromatic carbocycles. The van der Waals surface area contributed by atoms with Gasteiger partial charge in [0.1, 0.15) is 5.82 Å². The summed E-state index contributed by atoms with van der Waals surface area (Å²) in [5.41, 5.74) is 1.72. The molecule has 26 heavy (non-hydrogen) atoms. The fourth-order valence-corrected chi connectivity index (χ4v) is 4.08. The van der Waals surface area contributed by atoms with Crippen molar-refractivity contribution in [2.24, 2.45) is 5.92 Å². The number of aromatic nitrogens is 3. The minimum atomic E-state index is 0.0673. The summed E-state index contributed by atoms with van der Waals surface area (Å²) < 4.78 is 5.39. The Morgan fingerprint density at radius 1 is 1.31 bits per heavy atom. The summed E-state index contributed by atoms with van der Waals surface area (Å²) in [7, 11) is 1.69. The molecule has 0 saturated carbocycles. The largest absolute Gasteiger partial charge is 0.384 e. The van der Waals surface area contributed by atoms with Crippen molar-refractivity contribution in [3.63, 3.8) is 0 Å². The lowest BCUT2D eigenvalue weighted by Gasteiger charge is -2.15. The maximum absolute atomic E-state index is 12.7. The lowest BCUT2D eigenvalue weighted by atomic mass is 9.96. The number of likely N-dealkylation sites (tertiary alicyclic amines) is 1. The van der Waals surface area contributed by atoms with Gasteiger partial charge in [0.15, 0.2) is 5.82 Å². The van der Waals surface area contributed by atoms with Crippen molar-refractivity contribution in [2.75, 3.05) is 26.8 Å². The molecule has 2 atom stereocenters. The highest BCUT2D eigenvalue weighted by atomic mass is 32.1. The van der Waals surface area contributed by atoms with Crippen LogP contribution in [0.25, 0.3) is 11.4 Å². The van der Waals surface area contributed by atoms with E-state index in [0.717, 1.165) is 17.0 Å². The highest BCUT2D eigenvalue weighted by molar-refractivity contribution is 7.08. The van der Waals surface area contributed by atoms with E-state index in [1.54, 1.807) is 7.11 Å². The quantitative estimate of drug-likeness (QED) is 0.751. The van der Waals surface area contributed by atoms with E-state index in [9.17, 15) is 4.79 Å². The summed E-state index contributed by atoms with van der Waals surface area (Å²) >= 11 is 1.54. The molecule has 134 valence electrons. The van der Waals surface area contributed by atoms with E-state index in [1.807, 2.05) is 52.1 Å². The van der Waals surface area contributed by atoms with Gasteiger partial charge in [0.2, 0.25) is 0 Å². The van der Waals surface area contributed by atoms with Crippen LogP contribution in [0.15, 0.2) is 47.2 Å². The van der Waals surface area contributed by atoms with Crippen LogP contribution in [0.3, 0.4) is 0 Å². The summed E-state index contributed by atoms with van der Waals surface area (Å²) in [6.07, 6.45) is 0. The lowest BCUT2D eigenvalue weighted by Crippen LogP contribution is -2.29. The van der Waals surface area contributed by atoms with Crippen molar-refractivity contribution in [1.29, 1.82) is 0 Å². The molecule has 3 aromatic rings. The number of ether oxygens (including phenoxy) is 1. The molecule has 6 nitrogen and oxygen atoms in total. The maximum Gasteiger partial charge on any atom is 0.254 e. The third-order valence-corrected chi connectivity index (χ3v) is 5.45. The van der Waals surface area contributed by atoms with Gasteiger partial charge in [0.05, 0.1) is 12.2 Å². The topological polar surface area (TPSA) is 71.1 Å². The van der Waals surface area contributed by atoms with Crippen LogP contribution in [0.5, 0.6) is 0 Å². The van der Waals surface area contributed by atoms with Crippen LogP contribution in [-0.4, -0.2) is 52.8 Å². The monoisotopic (exact) mass is 368 g/mol. The number of nitrogens with one attached hydrogen (secondary N) is 1. The number of carbonyl (C=O) groups excluding carboxylic acids is 1. The van der Waals surface area contributed by atoms with Crippen LogP contribution in [0.1, 0.15) is 22.1 Å². The third kappa shape index (κ3) is 3.27. The standard InChI is InChI=1S/C19H20N4O2S/c1-25-11-15-9-23(19(24)14-7-8-26-12-14)10-16(15)18-20-17(21-22-18)13-5-3-2-4-6-13/h2-8,12,15-16H,9-11H2,1H3,(H,20,21,22). The normalized spacial score (nSPS) is 19.8. The van der Waals surface area contributed by atoms with Crippen LogP contribution in [-0.2, 0) is 4.74 Å². The van der Waals surface area contributed by atoms with E-state index in [0.29, 0.717) is 25.5 Å². The Bertz CT molecular complexity index is 863. The second-order valence-electron chi connectivity index (χ2n) is 6.45. The first-order chi connectivity index (χ1) is 12.8. The molecular weight excluding hydrogens is 348 g/mol. The first-order valence-corrected chi connectivity index (χ1v) is 9.48. The van der Waals surface area contributed by atoms with Crippen LogP contribution in [0.4, 0.5) is 0 Å². The van der Waals surface area contributed by atoms with Gasteiger partial charge in [-0.05, 0) is 11.4 Å². The number of rotatable bonds is 5. The number of amides is 1. The van der Waals surface area contributed by atoms with Gasteiger partial charge in [-0.2, -0.15) is 16.4 Å². The SMILES string of the molecule is COCC1CN(C(=O)c2ccsc2)CC1c1nc(-c2ccccc2)n[nH]1. The summed E-state index contributed by atoms with van der Waals surface area (Å²) in [5.74, 6) is 1.84. The van der Waals surface area contributed by atoms with Crippen LogP contribution in [0, 0.1) is 5.92 Å². The van der Waals surface area contributed by atoms with E-state index >= 15 is 0 Å². The summed E-state index contributed by atoms with van der Waals surface area (Å²) in [4.78, 5) is 19.3. The van der Waals surface area contributed by atoms with Gasteiger partial charge in [-0.25, -0.2) is 4.98 Å². The van der Waals surface area contributed by atoms with E-state index < -0.39 is 0 Å². The van der Waals surface area contributed by atoms with Gasteiger partial charge >= 0.3 is 0 Å². The van der Waals surface area contributed by atoms with Gasteiger partial charge < -0.3 is 9.64 Å². The summed E-state index contributed by atoms with van der Waals surface area (Å²) in [5, 5.41) is 11.3. The van der Waals surface area contributed by atoms with E-state index in [4.69, 9.17) is 9.72 Å². The molecule has 0 aliphatic carbocycles. The van der Waals surface area contributed by atoms with Gasteiger partial charge in [0, 0.05) is 43.0 Å². The second-order valence-corrected chi connectivity index (χ2v) is 7.23. The smallest absolute Gasteiger partial charge is 0.254 e. The number of carbonyl (C=O) groups is 1. The van der Waals surface area contributed by atoms with Crippen molar-refractivity contribution in [3.05, 3.63) is 58.5 Å². The Morgan fingerprint density at radius 2 is 2.15 bits per heavy atom. The molecule has 3 heterocycles. The first kappa shape index (κ1) is 16.9. The maximum atomic E-state index is 12.7. The molecule has 1 aliphatic rings. The van der Waals surface area contributed by atoms with Crippen molar-refractivity contribution < 1.29 is 9.53 Å². The zero-order valence-electron chi connectivity index (χ0n) is 14.5. The van der Waals surface area contributed by atoms with E-state index in [2.05, 4.69) is 10.2 Å². The van der Waals surface area contributed by atoms with E-state index in [-0.39, 0.29) is 17.7 Å². The molecule has 1 N–H and O–H groups in total. The van der Waals surface area contributed by atoms with Crippen LogP contribution >= 0.6 is 11.3 Å². The molecule has 2 unspecified atom stereocenters. The predicted octanol–water partition coefficient (Wildman–Crippen LogP) is 3.04. The van der Waals surface area contributed by atoms with Crippen molar-refractivity contribution in [1.82, 2.24) is 20.1 Å². The number of aromatic amines is 1. The van der Waals surface area contributed by atoms with Crippen LogP contribution in [0.2, 0.25) is 0 Å². The molecule has 0 spiro atoms. The Kier molecular flexibility index (Phi) is 4.81. The molecule has 0 bridgehead atoms. The number of methoxy groups -OCH3 is 1. The number of H-pyrrole nitrogens is 1. The van der Waals surface area contributed by atoms with Crippen molar-refractivity contribution >= 4 is 17.2 Å². The fraction of sp³-hybridized carbons (Fsp3) is 0.316. The minimum absolute atomic E-state index is 0.0673. The second kappa shape index (κ2) is 7.39. The van der Waals surface area contributed by atoms with Gasteiger partial charge in [0.25, 0.3) is 5.91 Å². The van der Waals surface area contributed by atoms with Gasteiger partial charge in [-0.3, -0.25) is 9.89 Å². The molecule has 4 rings (SSSR count). The van der Waals surface area contributed by atoms with Crippen molar-refractivity contribution in [3.8, 4) is 11.4 Å². The molecule has 1 aliphatic heterocycles. The van der Waals surface area contributed by atoms with Crippen LogP contribution < -0.4 is 0 Å². The van der Waals surface area contributed by atoms with Crippen molar-refractivity contribution in [2.45, 2.75) is 5.92 Å². The summed E-state index contributed by atoms with van der Waals surface area (Å²) in [6, 6.07) is 11.7. The van der Waals surface area contributed by atoms with Gasteiger partial charge in [-0.15, -0.1) is 0 Å². The highest BCUT2D eigenvalue weighted by Gasteiger charge is 2.38. The number of benzene rings is 1. The average molecular weight is 368 g/mol. The predicted molar refractivity (Wildman–Crippen MR) is 100 cm³/mol.